The second-order valence-electron chi connectivity index (χ2n) is 4.69. The molecule has 0 saturated heterocycles. The molecule has 0 aliphatic carbocycles. The summed E-state index contributed by atoms with van der Waals surface area (Å²) in [7, 11) is 0. The van der Waals surface area contributed by atoms with Crippen molar-refractivity contribution >= 4 is 29.4 Å². The third kappa shape index (κ3) is 3.91. The van der Waals surface area contributed by atoms with Crippen LogP contribution in [0.2, 0.25) is 0 Å². The van der Waals surface area contributed by atoms with Gasteiger partial charge in [-0.15, -0.1) is 11.8 Å². The fourth-order valence-electron chi connectivity index (χ4n) is 2.16. The lowest BCUT2D eigenvalue weighted by atomic mass is 10.2. The zero-order valence-electron chi connectivity index (χ0n) is 12.3. The molecule has 0 radical (unpaired) electrons. The monoisotopic (exact) mass is 308 g/mol. The summed E-state index contributed by atoms with van der Waals surface area (Å²) >= 11 is 1.80. The first-order valence-corrected chi connectivity index (χ1v) is 8.00. The number of hydrogen-bond acceptors (Lipinski definition) is 4. The molecule has 0 aromatic heterocycles. The molecule has 5 nitrogen and oxygen atoms in total. The number of hydrogen-bond donors (Lipinski definition) is 1. The Morgan fingerprint density at radius 2 is 2.14 bits per heavy atom. The fourth-order valence-corrected chi connectivity index (χ4v) is 3.36. The van der Waals surface area contributed by atoms with Gasteiger partial charge in [-0.1, -0.05) is 19.1 Å². The van der Waals surface area contributed by atoms with Gasteiger partial charge in [-0.05, 0) is 25.5 Å². The zero-order chi connectivity index (χ0) is 15.2. The van der Waals surface area contributed by atoms with Gasteiger partial charge in [0.15, 0.2) is 0 Å². The summed E-state index contributed by atoms with van der Waals surface area (Å²) in [5.74, 6) is -0.419. The number of esters is 1. The topological polar surface area (TPSA) is 58.6 Å². The minimum Gasteiger partial charge on any atom is -0.465 e. The molecule has 0 saturated carbocycles. The molecule has 0 fully saturated rings. The lowest BCUT2D eigenvalue weighted by Crippen LogP contribution is -2.46. The van der Waals surface area contributed by atoms with E-state index in [0.29, 0.717) is 18.4 Å². The van der Waals surface area contributed by atoms with Crippen molar-refractivity contribution in [2.75, 3.05) is 24.6 Å². The molecule has 0 unspecified atom stereocenters. The average Bonchev–Trinajstić information content (AvgIpc) is 2.51. The van der Waals surface area contributed by atoms with Crippen molar-refractivity contribution in [3.8, 4) is 0 Å². The maximum atomic E-state index is 12.3. The quantitative estimate of drug-likeness (QED) is 0.869. The Labute approximate surface area is 129 Å². The highest BCUT2D eigenvalue weighted by molar-refractivity contribution is 8.00. The molecule has 1 N–H and O–H groups in total. The van der Waals surface area contributed by atoms with Gasteiger partial charge >= 0.3 is 12.0 Å². The van der Waals surface area contributed by atoms with Crippen LogP contribution >= 0.6 is 11.8 Å². The number of anilines is 1. The van der Waals surface area contributed by atoms with Crippen molar-refractivity contribution in [3.05, 3.63) is 24.3 Å². The summed E-state index contributed by atoms with van der Waals surface area (Å²) in [5.41, 5.74) is 0.897. The second kappa shape index (κ2) is 7.36. The highest BCUT2D eigenvalue weighted by Gasteiger charge is 2.28. The predicted octanol–water partition coefficient (Wildman–Crippen LogP) is 2.65. The van der Waals surface area contributed by atoms with Crippen molar-refractivity contribution in [1.82, 2.24) is 5.32 Å². The van der Waals surface area contributed by atoms with Gasteiger partial charge < -0.3 is 10.1 Å². The number of benzene rings is 1. The summed E-state index contributed by atoms with van der Waals surface area (Å²) in [4.78, 5) is 26.5. The number of amides is 2. The second-order valence-corrected chi connectivity index (χ2v) is 6.03. The highest BCUT2D eigenvalue weighted by Crippen LogP contribution is 2.39. The van der Waals surface area contributed by atoms with Gasteiger partial charge in [-0.3, -0.25) is 9.69 Å². The number of para-hydroxylation sites is 1. The Kier molecular flexibility index (Phi) is 5.50. The molecule has 1 heterocycles. The lowest BCUT2D eigenvalue weighted by Gasteiger charge is -2.33. The zero-order valence-corrected chi connectivity index (χ0v) is 13.1. The number of nitrogens with zero attached hydrogens (tertiary/aromatic N) is 1. The molecule has 1 aromatic carbocycles. The summed E-state index contributed by atoms with van der Waals surface area (Å²) in [6, 6.07) is 7.58. The van der Waals surface area contributed by atoms with E-state index in [1.807, 2.05) is 24.3 Å². The van der Waals surface area contributed by atoms with Crippen LogP contribution in [-0.4, -0.2) is 36.9 Å². The summed E-state index contributed by atoms with van der Waals surface area (Å²) < 4.78 is 4.82. The molecule has 1 aliphatic heterocycles. The number of ether oxygens (including phenoxy) is 1. The molecule has 1 aliphatic rings. The predicted molar refractivity (Wildman–Crippen MR) is 83.8 cm³/mol. The number of urea groups is 1. The van der Waals surface area contributed by atoms with E-state index in [0.717, 1.165) is 17.0 Å². The van der Waals surface area contributed by atoms with Gasteiger partial charge in [0.25, 0.3) is 0 Å². The first-order chi connectivity index (χ1) is 10.2. The van der Waals surface area contributed by atoms with E-state index in [4.69, 9.17) is 4.74 Å². The third-order valence-corrected chi connectivity index (χ3v) is 4.64. The third-order valence-electron chi connectivity index (χ3n) is 3.23. The van der Waals surface area contributed by atoms with Crippen LogP contribution in [0.3, 0.4) is 0 Å². The highest BCUT2D eigenvalue weighted by atomic mass is 32.2. The van der Waals surface area contributed by atoms with Gasteiger partial charge in [0.05, 0.1) is 12.3 Å². The van der Waals surface area contributed by atoms with E-state index in [9.17, 15) is 9.59 Å². The molecule has 1 atom stereocenters. The Balaban J connectivity index is 2.07. The summed E-state index contributed by atoms with van der Waals surface area (Å²) in [6.45, 7) is 4.71. The van der Waals surface area contributed by atoms with Crippen LogP contribution in [0.15, 0.2) is 29.2 Å². The normalized spacial score (nSPS) is 17.0. The Morgan fingerprint density at radius 3 is 2.86 bits per heavy atom. The van der Waals surface area contributed by atoms with Gasteiger partial charge in [-0.2, -0.15) is 0 Å². The Morgan fingerprint density at radius 1 is 1.38 bits per heavy atom. The van der Waals surface area contributed by atoms with E-state index in [1.54, 1.807) is 23.6 Å². The largest absolute Gasteiger partial charge is 0.465 e. The maximum absolute atomic E-state index is 12.3. The van der Waals surface area contributed by atoms with Crippen LogP contribution in [0.5, 0.6) is 0 Å². The molecule has 0 bridgehead atoms. The Hall–Kier alpha value is -1.69. The number of carbonyl (C=O) groups excluding carboxylic acids is 2. The maximum Gasteiger partial charge on any atom is 0.325 e. The van der Waals surface area contributed by atoms with E-state index >= 15 is 0 Å². The molecule has 6 heteroatoms. The van der Waals surface area contributed by atoms with Crippen LogP contribution in [0.25, 0.3) is 0 Å². The van der Waals surface area contributed by atoms with Crippen molar-refractivity contribution in [3.63, 3.8) is 0 Å². The first kappa shape index (κ1) is 15.7. The number of nitrogens with one attached hydrogen (secondary N) is 1. The van der Waals surface area contributed by atoms with Gasteiger partial charge in [0.2, 0.25) is 0 Å². The van der Waals surface area contributed by atoms with E-state index in [2.05, 4.69) is 12.2 Å². The van der Waals surface area contributed by atoms with Gasteiger partial charge in [-0.25, -0.2) is 4.79 Å². The van der Waals surface area contributed by atoms with Crippen molar-refractivity contribution in [2.24, 2.45) is 0 Å². The summed E-state index contributed by atoms with van der Waals surface area (Å²) in [6.07, 6.45) is 0.987. The molecule has 114 valence electrons. The molecular weight excluding hydrogens is 288 g/mol. The number of thioether (sulfide) groups is 1. The molecule has 0 spiro atoms. The van der Waals surface area contributed by atoms with Gasteiger partial charge in [0, 0.05) is 16.7 Å². The molecule has 2 amide bonds. The smallest absolute Gasteiger partial charge is 0.325 e. The van der Waals surface area contributed by atoms with Crippen LogP contribution in [0, 0.1) is 0 Å². The lowest BCUT2D eigenvalue weighted by molar-refractivity contribution is -0.141. The minimum atomic E-state index is -0.419. The number of rotatable bonds is 4. The standard InChI is InChI=1S/C15H20N2O3S/c1-3-11-10-17(12-7-5-6-8-13(12)21-11)15(19)16-9-14(18)20-4-2/h5-8,11H,3-4,9-10H2,1-2H3,(H,16,19)/t11-/m0/s1. The number of carbonyl (C=O) groups is 2. The van der Waals surface area contributed by atoms with Crippen LogP contribution in [-0.2, 0) is 9.53 Å². The van der Waals surface area contributed by atoms with Gasteiger partial charge in [0.1, 0.15) is 6.54 Å². The van der Waals surface area contributed by atoms with E-state index < -0.39 is 5.97 Å². The van der Waals surface area contributed by atoms with E-state index in [-0.39, 0.29) is 12.6 Å². The molecule has 1 aromatic rings. The van der Waals surface area contributed by atoms with Crippen LogP contribution in [0.4, 0.5) is 10.5 Å². The van der Waals surface area contributed by atoms with Crippen LogP contribution < -0.4 is 10.2 Å². The molecular formula is C15H20N2O3S. The Bertz CT molecular complexity index is 521. The average molecular weight is 308 g/mol. The van der Waals surface area contributed by atoms with Crippen molar-refractivity contribution in [2.45, 2.75) is 30.4 Å². The summed E-state index contributed by atoms with van der Waals surface area (Å²) in [5, 5.41) is 2.99. The minimum absolute atomic E-state index is 0.102. The molecule has 21 heavy (non-hydrogen) atoms. The van der Waals surface area contributed by atoms with E-state index in [1.165, 1.54) is 0 Å². The fraction of sp³-hybridized carbons (Fsp3) is 0.467. The SMILES string of the molecule is CCOC(=O)CNC(=O)N1C[C@H](CC)Sc2ccccc21. The van der Waals surface area contributed by atoms with Crippen LogP contribution in [0.1, 0.15) is 20.3 Å². The first-order valence-electron chi connectivity index (χ1n) is 7.12. The molecule has 2 rings (SSSR count). The van der Waals surface area contributed by atoms with Crippen molar-refractivity contribution in [1.29, 1.82) is 0 Å². The number of fused-ring (bicyclic) bond motifs is 1. The van der Waals surface area contributed by atoms with Crippen molar-refractivity contribution < 1.29 is 14.3 Å².